The number of benzene rings is 1. The molecule has 2 heterocycles. The number of nitrogens with two attached hydrogens (primary N) is 1. The third kappa shape index (κ3) is 2.84. The molecule has 0 saturated carbocycles. The molecule has 1 unspecified atom stereocenters. The van der Waals surface area contributed by atoms with Crippen molar-refractivity contribution < 1.29 is 9.21 Å². The summed E-state index contributed by atoms with van der Waals surface area (Å²) in [6.45, 7) is 8.39. The molecule has 2 N–H and O–H groups in total. The van der Waals surface area contributed by atoms with E-state index in [0.29, 0.717) is 5.76 Å². The first kappa shape index (κ1) is 17.3. The molecule has 2 aromatic rings. The number of carbonyl (C=O) groups excluding carboxylic acids is 1. The van der Waals surface area contributed by atoms with E-state index < -0.39 is 11.5 Å². The molecule has 0 bridgehead atoms. The fourth-order valence-corrected chi connectivity index (χ4v) is 3.33. The van der Waals surface area contributed by atoms with Gasteiger partial charge in [-0.1, -0.05) is 45.0 Å². The number of furan rings is 1. The monoisotopic (exact) mass is 339 g/mol. The van der Waals surface area contributed by atoms with Crippen LogP contribution in [0, 0.1) is 0 Å². The topological polar surface area (TPSA) is 71.8 Å². The van der Waals surface area contributed by atoms with Gasteiger partial charge in [0.2, 0.25) is 5.91 Å². The maximum atomic E-state index is 13.1. The van der Waals surface area contributed by atoms with Gasteiger partial charge in [-0.2, -0.15) is 0 Å². The minimum Gasteiger partial charge on any atom is -0.467 e. The van der Waals surface area contributed by atoms with E-state index in [9.17, 15) is 4.79 Å². The van der Waals surface area contributed by atoms with Gasteiger partial charge in [0.15, 0.2) is 5.96 Å². The zero-order chi connectivity index (χ0) is 18.4. The number of hydrogen-bond acceptors (Lipinski definition) is 4. The van der Waals surface area contributed by atoms with Gasteiger partial charge in [-0.05, 0) is 35.6 Å². The van der Waals surface area contributed by atoms with Crippen LogP contribution in [-0.4, -0.2) is 23.8 Å². The first-order valence-electron chi connectivity index (χ1n) is 8.42. The zero-order valence-corrected chi connectivity index (χ0v) is 15.4. The Hall–Kier alpha value is -2.56. The van der Waals surface area contributed by atoms with Crippen molar-refractivity contribution in [3.05, 3.63) is 59.5 Å². The number of guanidine groups is 1. The molecule has 0 saturated heterocycles. The highest BCUT2D eigenvalue weighted by Crippen LogP contribution is 2.44. The molecule has 3 rings (SSSR count). The maximum Gasteiger partial charge on any atom is 0.239 e. The van der Waals surface area contributed by atoms with Gasteiger partial charge in [-0.25, -0.2) is 4.99 Å². The molecule has 5 heteroatoms. The van der Waals surface area contributed by atoms with Crippen molar-refractivity contribution in [2.75, 3.05) is 7.05 Å². The number of likely N-dealkylation sites (N-methyl/N-ethyl adjacent to an activating group) is 1. The highest BCUT2D eigenvalue weighted by molar-refractivity contribution is 6.02. The Morgan fingerprint density at radius 3 is 2.36 bits per heavy atom. The van der Waals surface area contributed by atoms with Crippen LogP contribution in [0.4, 0.5) is 0 Å². The Balaban J connectivity index is 2.12. The summed E-state index contributed by atoms with van der Waals surface area (Å²) in [7, 11) is 1.65. The minimum atomic E-state index is -0.875. The number of carbonyl (C=O) groups is 1. The number of rotatable bonds is 2. The van der Waals surface area contributed by atoms with Crippen LogP contribution in [0.3, 0.4) is 0 Å². The molecule has 132 valence electrons. The molecule has 1 aromatic carbocycles. The first-order valence-corrected chi connectivity index (χ1v) is 8.42. The highest BCUT2D eigenvalue weighted by atomic mass is 16.3. The second kappa shape index (κ2) is 5.76. The van der Waals surface area contributed by atoms with Gasteiger partial charge in [0, 0.05) is 7.05 Å². The Bertz CT molecular complexity index is 800. The first-order chi connectivity index (χ1) is 11.6. The van der Waals surface area contributed by atoms with Crippen molar-refractivity contribution in [3.8, 4) is 0 Å². The number of hydrogen-bond donors (Lipinski definition) is 1. The summed E-state index contributed by atoms with van der Waals surface area (Å²) in [5.74, 6) is 0.244. The van der Waals surface area contributed by atoms with E-state index in [1.165, 1.54) is 10.5 Å². The van der Waals surface area contributed by atoms with E-state index in [0.717, 1.165) is 5.56 Å². The second-order valence-electron chi connectivity index (χ2n) is 7.80. The zero-order valence-electron chi connectivity index (χ0n) is 15.4. The van der Waals surface area contributed by atoms with Crippen LogP contribution in [0.1, 0.15) is 50.5 Å². The average Bonchev–Trinajstić information content (AvgIpc) is 3.08. The molecule has 1 aromatic heterocycles. The smallest absolute Gasteiger partial charge is 0.239 e. The Morgan fingerprint density at radius 2 is 1.84 bits per heavy atom. The number of amides is 1. The largest absolute Gasteiger partial charge is 0.467 e. The molecular weight excluding hydrogens is 314 g/mol. The fourth-order valence-electron chi connectivity index (χ4n) is 3.33. The molecule has 0 aliphatic carbocycles. The number of nitrogens with zero attached hydrogens (tertiary/aromatic N) is 2. The third-order valence-electron chi connectivity index (χ3n) is 4.96. The van der Waals surface area contributed by atoms with Gasteiger partial charge >= 0.3 is 0 Å². The van der Waals surface area contributed by atoms with Gasteiger partial charge in [0.05, 0.1) is 12.2 Å². The van der Waals surface area contributed by atoms with Gasteiger partial charge in [-0.15, -0.1) is 0 Å². The molecule has 0 radical (unpaired) electrons. The van der Waals surface area contributed by atoms with Crippen LogP contribution < -0.4 is 5.73 Å². The summed E-state index contributed by atoms with van der Waals surface area (Å²) in [6, 6.07) is 11.8. The molecule has 1 aliphatic rings. The minimum absolute atomic E-state index is 0.0544. The molecule has 1 amide bonds. The van der Waals surface area contributed by atoms with E-state index >= 15 is 0 Å². The SMILES string of the molecule is CN1C(=O)C(c2ccc(C(C)(C)C)cc2)[C@@](C)(c2ccco2)N=C1N. The predicted octanol–water partition coefficient (Wildman–Crippen LogP) is 3.36. The Labute approximate surface area is 148 Å². The molecule has 0 fully saturated rings. The maximum absolute atomic E-state index is 13.1. The van der Waals surface area contributed by atoms with Crippen molar-refractivity contribution >= 4 is 11.9 Å². The average molecular weight is 339 g/mol. The van der Waals surface area contributed by atoms with E-state index in [-0.39, 0.29) is 17.3 Å². The standard InChI is InChI=1S/C20H25N3O2/c1-19(2,3)14-10-8-13(9-11-14)16-17(24)23(5)18(21)22-20(16,4)15-7-6-12-25-15/h6-12,16H,1-5H3,(H2,21,22)/t16?,20-/m1/s1. The Morgan fingerprint density at radius 1 is 1.20 bits per heavy atom. The van der Waals surface area contributed by atoms with Gasteiger partial charge in [0.1, 0.15) is 11.3 Å². The molecule has 5 nitrogen and oxygen atoms in total. The van der Waals surface area contributed by atoms with Crippen molar-refractivity contribution in [1.82, 2.24) is 4.90 Å². The predicted molar refractivity (Wildman–Crippen MR) is 98.3 cm³/mol. The van der Waals surface area contributed by atoms with Crippen LogP contribution in [0.15, 0.2) is 52.1 Å². The molecular formula is C20H25N3O2. The van der Waals surface area contributed by atoms with Crippen LogP contribution in [-0.2, 0) is 15.7 Å². The fraction of sp³-hybridized carbons (Fsp3) is 0.400. The lowest BCUT2D eigenvalue weighted by Gasteiger charge is -2.39. The van der Waals surface area contributed by atoms with Crippen LogP contribution in [0.5, 0.6) is 0 Å². The summed E-state index contributed by atoms with van der Waals surface area (Å²) >= 11 is 0. The lowest BCUT2D eigenvalue weighted by molar-refractivity contribution is -0.130. The van der Waals surface area contributed by atoms with Crippen molar-refractivity contribution in [2.24, 2.45) is 10.7 Å². The number of aliphatic imine (C=N–C) groups is 1. The Kier molecular flexibility index (Phi) is 3.98. The summed E-state index contributed by atoms with van der Waals surface area (Å²) in [5.41, 5.74) is 7.29. The van der Waals surface area contributed by atoms with Gasteiger partial charge < -0.3 is 10.2 Å². The van der Waals surface area contributed by atoms with E-state index in [1.54, 1.807) is 19.4 Å². The lowest BCUT2D eigenvalue weighted by Crippen LogP contribution is -2.52. The molecule has 0 spiro atoms. The van der Waals surface area contributed by atoms with E-state index in [4.69, 9.17) is 10.2 Å². The van der Waals surface area contributed by atoms with Crippen molar-refractivity contribution in [1.29, 1.82) is 0 Å². The molecule has 1 aliphatic heterocycles. The summed E-state index contributed by atoms with van der Waals surface area (Å²) in [5, 5.41) is 0. The highest BCUT2D eigenvalue weighted by Gasteiger charge is 2.48. The van der Waals surface area contributed by atoms with Crippen LogP contribution >= 0.6 is 0 Å². The van der Waals surface area contributed by atoms with Crippen molar-refractivity contribution in [2.45, 2.75) is 44.6 Å². The third-order valence-corrected chi connectivity index (χ3v) is 4.96. The molecule has 25 heavy (non-hydrogen) atoms. The van der Waals surface area contributed by atoms with E-state index in [1.807, 2.05) is 25.1 Å². The summed E-state index contributed by atoms with van der Waals surface area (Å²) in [6.07, 6.45) is 1.59. The summed E-state index contributed by atoms with van der Waals surface area (Å²) < 4.78 is 5.60. The van der Waals surface area contributed by atoms with Gasteiger partial charge in [0.25, 0.3) is 0 Å². The second-order valence-corrected chi connectivity index (χ2v) is 7.80. The van der Waals surface area contributed by atoms with Crippen LogP contribution in [0.2, 0.25) is 0 Å². The van der Waals surface area contributed by atoms with E-state index in [2.05, 4.69) is 37.9 Å². The normalized spacial score (nSPS) is 24.4. The van der Waals surface area contributed by atoms with Crippen molar-refractivity contribution in [3.63, 3.8) is 0 Å². The quantitative estimate of drug-likeness (QED) is 0.912. The lowest BCUT2D eigenvalue weighted by atomic mass is 9.76. The van der Waals surface area contributed by atoms with Gasteiger partial charge in [-0.3, -0.25) is 9.69 Å². The summed E-state index contributed by atoms with van der Waals surface area (Å²) in [4.78, 5) is 19.1. The molecule has 2 atom stereocenters. The van der Waals surface area contributed by atoms with Crippen LogP contribution in [0.25, 0.3) is 0 Å².